The average molecular weight is 307 g/mol. The molecule has 0 fully saturated rings. The van der Waals surface area contributed by atoms with Crippen molar-refractivity contribution in [2.24, 2.45) is 0 Å². The number of hydrogen-bond donors (Lipinski definition) is 1. The van der Waals surface area contributed by atoms with Crippen molar-refractivity contribution in [3.63, 3.8) is 0 Å². The summed E-state index contributed by atoms with van der Waals surface area (Å²) in [5.74, 6) is 0. The van der Waals surface area contributed by atoms with Gasteiger partial charge in [0.1, 0.15) is 6.04 Å². The fraction of sp³-hybridized carbons (Fsp3) is 0.188. The predicted molar refractivity (Wildman–Crippen MR) is 85.2 cm³/mol. The first-order valence-electron chi connectivity index (χ1n) is 6.22. The van der Waals surface area contributed by atoms with Crippen LogP contribution in [-0.4, -0.2) is 6.54 Å². The zero-order chi connectivity index (χ0) is 13.5. The van der Waals surface area contributed by atoms with E-state index in [1.54, 1.807) is 12.1 Å². The van der Waals surface area contributed by atoms with Crippen molar-refractivity contribution in [2.45, 2.75) is 12.5 Å². The Kier molecular flexibility index (Phi) is 7.11. The molecule has 0 amide bonds. The summed E-state index contributed by atoms with van der Waals surface area (Å²) in [5.41, 5.74) is 2.21. The summed E-state index contributed by atoms with van der Waals surface area (Å²) < 4.78 is 0. The largest absolute Gasteiger partial charge is 0.298 e. The van der Waals surface area contributed by atoms with E-state index in [2.05, 4.69) is 23.5 Å². The Bertz CT molecular complexity index is 547. The molecule has 1 unspecified atom stereocenters. The lowest BCUT2D eigenvalue weighted by Gasteiger charge is -2.12. The van der Waals surface area contributed by atoms with E-state index in [0.717, 1.165) is 18.5 Å². The minimum absolute atomic E-state index is 0. The third kappa shape index (κ3) is 4.86. The van der Waals surface area contributed by atoms with Crippen LogP contribution in [0.25, 0.3) is 0 Å². The van der Waals surface area contributed by atoms with Crippen LogP contribution < -0.4 is 5.32 Å². The number of nitrogens with one attached hydrogen (secondary N) is 1. The van der Waals surface area contributed by atoms with E-state index in [0.29, 0.717) is 5.02 Å². The summed E-state index contributed by atoms with van der Waals surface area (Å²) in [5, 5.41) is 13.1. The second-order valence-corrected chi connectivity index (χ2v) is 4.74. The summed E-state index contributed by atoms with van der Waals surface area (Å²) in [7, 11) is 0. The van der Waals surface area contributed by atoms with Crippen molar-refractivity contribution < 1.29 is 0 Å². The van der Waals surface area contributed by atoms with Gasteiger partial charge in [-0.1, -0.05) is 54.1 Å². The lowest BCUT2D eigenvalue weighted by molar-refractivity contribution is 0.629. The Labute approximate surface area is 130 Å². The van der Waals surface area contributed by atoms with Gasteiger partial charge in [-0.05, 0) is 29.7 Å². The van der Waals surface area contributed by atoms with Crippen LogP contribution in [0.4, 0.5) is 0 Å². The molecule has 2 rings (SSSR count). The topological polar surface area (TPSA) is 35.8 Å². The molecule has 2 aromatic carbocycles. The molecule has 0 bridgehead atoms. The van der Waals surface area contributed by atoms with Crippen LogP contribution in [0.1, 0.15) is 17.2 Å². The van der Waals surface area contributed by atoms with Gasteiger partial charge in [-0.2, -0.15) is 5.26 Å². The van der Waals surface area contributed by atoms with E-state index >= 15 is 0 Å². The Morgan fingerprint density at radius 2 is 1.70 bits per heavy atom. The molecular weight excluding hydrogens is 291 g/mol. The second-order valence-electron chi connectivity index (χ2n) is 4.30. The lowest BCUT2D eigenvalue weighted by atomic mass is 10.1. The van der Waals surface area contributed by atoms with Gasteiger partial charge in [-0.3, -0.25) is 5.32 Å². The molecule has 1 N–H and O–H groups in total. The van der Waals surface area contributed by atoms with Gasteiger partial charge in [-0.15, -0.1) is 12.4 Å². The smallest absolute Gasteiger partial charge is 0.121 e. The standard InChI is InChI=1S/C16H15ClN2.ClH/c17-15-8-6-14(7-9-15)16(12-18)19-11-10-13-4-2-1-3-5-13;/h1-9,16,19H,10-11H2;1H. The Hall–Kier alpha value is -1.53. The first-order chi connectivity index (χ1) is 9.29. The zero-order valence-corrected chi connectivity index (χ0v) is 12.5. The molecule has 0 spiro atoms. The fourth-order valence-electron chi connectivity index (χ4n) is 1.90. The predicted octanol–water partition coefficient (Wildman–Crippen LogP) is 4.16. The molecule has 0 aliphatic carbocycles. The molecule has 0 aromatic heterocycles. The molecule has 0 saturated carbocycles. The lowest BCUT2D eigenvalue weighted by Crippen LogP contribution is -2.22. The SMILES string of the molecule is Cl.N#CC(NCCc1ccccc1)c1ccc(Cl)cc1. The molecule has 0 saturated heterocycles. The monoisotopic (exact) mass is 306 g/mol. The van der Waals surface area contributed by atoms with E-state index in [9.17, 15) is 5.26 Å². The molecule has 1 atom stereocenters. The Morgan fingerprint density at radius 1 is 1.05 bits per heavy atom. The van der Waals surface area contributed by atoms with Crippen LogP contribution >= 0.6 is 24.0 Å². The minimum Gasteiger partial charge on any atom is -0.298 e. The quantitative estimate of drug-likeness (QED) is 0.900. The van der Waals surface area contributed by atoms with E-state index in [1.807, 2.05) is 30.3 Å². The second kappa shape index (κ2) is 8.60. The van der Waals surface area contributed by atoms with Crippen LogP contribution in [0.5, 0.6) is 0 Å². The van der Waals surface area contributed by atoms with Crippen molar-refractivity contribution in [3.8, 4) is 6.07 Å². The van der Waals surface area contributed by atoms with Gasteiger partial charge in [0.2, 0.25) is 0 Å². The van der Waals surface area contributed by atoms with Crippen molar-refractivity contribution in [1.82, 2.24) is 5.32 Å². The molecule has 104 valence electrons. The maximum atomic E-state index is 9.20. The molecule has 0 aliphatic heterocycles. The molecule has 20 heavy (non-hydrogen) atoms. The maximum Gasteiger partial charge on any atom is 0.121 e. The number of nitrogens with zero attached hydrogens (tertiary/aromatic N) is 1. The Balaban J connectivity index is 0.00000200. The van der Waals surface area contributed by atoms with Crippen molar-refractivity contribution in [2.75, 3.05) is 6.54 Å². The summed E-state index contributed by atoms with van der Waals surface area (Å²) in [6.45, 7) is 0.769. The fourth-order valence-corrected chi connectivity index (χ4v) is 2.02. The highest BCUT2D eigenvalue weighted by molar-refractivity contribution is 6.30. The molecule has 2 aromatic rings. The first kappa shape index (κ1) is 16.5. The summed E-state index contributed by atoms with van der Waals surface area (Å²) in [6, 6.07) is 19.6. The summed E-state index contributed by atoms with van der Waals surface area (Å²) in [4.78, 5) is 0. The molecule has 0 radical (unpaired) electrons. The van der Waals surface area contributed by atoms with Crippen molar-refractivity contribution in [3.05, 3.63) is 70.7 Å². The van der Waals surface area contributed by atoms with Gasteiger partial charge in [0.05, 0.1) is 6.07 Å². The molecule has 2 nitrogen and oxygen atoms in total. The third-order valence-electron chi connectivity index (χ3n) is 2.94. The number of halogens is 2. The first-order valence-corrected chi connectivity index (χ1v) is 6.60. The van der Waals surface area contributed by atoms with Gasteiger partial charge in [0, 0.05) is 11.6 Å². The Morgan fingerprint density at radius 3 is 2.30 bits per heavy atom. The molecule has 0 aliphatic rings. The molecule has 4 heteroatoms. The maximum absolute atomic E-state index is 9.20. The third-order valence-corrected chi connectivity index (χ3v) is 3.19. The van der Waals surface area contributed by atoms with Gasteiger partial charge in [0.15, 0.2) is 0 Å². The van der Waals surface area contributed by atoms with Crippen LogP contribution in [0.15, 0.2) is 54.6 Å². The van der Waals surface area contributed by atoms with Crippen molar-refractivity contribution >= 4 is 24.0 Å². The van der Waals surface area contributed by atoms with E-state index in [1.165, 1.54) is 5.56 Å². The minimum atomic E-state index is -0.291. The van der Waals surface area contributed by atoms with E-state index in [4.69, 9.17) is 11.6 Å². The zero-order valence-electron chi connectivity index (χ0n) is 10.9. The highest BCUT2D eigenvalue weighted by Gasteiger charge is 2.08. The highest BCUT2D eigenvalue weighted by Crippen LogP contribution is 2.15. The number of rotatable bonds is 5. The van der Waals surface area contributed by atoms with Crippen LogP contribution in [-0.2, 0) is 6.42 Å². The van der Waals surface area contributed by atoms with Crippen LogP contribution in [0.2, 0.25) is 5.02 Å². The van der Waals surface area contributed by atoms with Gasteiger partial charge in [-0.25, -0.2) is 0 Å². The number of nitriles is 1. The molecular formula is C16H16Cl2N2. The normalized spacial score (nSPS) is 11.2. The van der Waals surface area contributed by atoms with Crippen LogP contribution in [0, 0.1) is 11.3 Å². The van der Waals surface area contributed by atoms with Gasteiger partial charge in [0.25, 0.3) is 0 Å². The summed E-state index contributed by atoms with van der Waals surface area (Å²) in [6.07, 6.45) is 0.909. The van der Waals surface area contributed by atoms with E-state index < -0.39 is 0 Å². The number of benzene rings is 2. The number of hydrogen-bond acceptors (Lipinski definition) is 2. The van der Waals surface area contributed by atoms with Crippen LogP contribution in [0.3, 0.4) is 0 Å². The summed E-state index contributed by atoms with van der Waals surface area (Å²) >= 11 is 5.84. The van der Waals surface area contributed by atoms with Gasteiger partial charge < -0.3 is 0 Å². The van der Waals surface area contributed by atoms with Gasteiger partial charge >= 0.3 is 0 Å². The highest BCUT2D eigenvalue weighted by atomic mass is 35.5. The van der Waals surface area contributed by atoms with Crippen molar-refractivity contribution in [1.29, 1.82) is 5.26 Å². The molecule has 0 heterocycles. The average Bonchev–Trinajstić information content (AvgIpc) is 2.46. The van der Waals surface area contributed by atoms with E-state index in [-0.39, 0.29) is 18.4 Å².